The highest BCUT2D eigenvalue weighted by Gasteiger charge is 2.51. The van der Waals surface area contributed by atoms with Crippen molar-refractivity contribution in [3.63, 3.8) is 0 Å². The van der Waals surface area contributed by atoms with Crippen LogP contribution in [0, 0.1) is 12.8 Å². The first-order valence-electron chi connectivity index (χ1n) is 15.9. The van der Waals surface area contributed by atoms with Crippen LogP contribution in [0.1, 0.15) is 64.7 Å². The number of nitrogens with zero attached hydrogens (tertiary/aromatic N) is 1. The van der Waals surface area contributed by atoms with Crippen LogP contribution in [-0.4, -0.2) is 49.6 Å². The van der Waals surface area contributed by atoms with Gasteiger partial charge < -0.3 is 20.2 Å². The van der Waals surface area contributed by atoms with E-state index in [4.69, 9.17) is 14.9 Å². The second kappa shape index (κ2) is 15.6. The number of benzene rings is 2. The van der Waals surface area contributed by atoms with Crippen LogP contribution in [-0.2, 0) is 14.0 Å². The van der Waals surface area contributed by atoms with Crippen molar-refractivity contribution in [2.24, 2.45) is 11.7 Å². The van der Waals surface area contributed by atoms with Gasteiger partial charge in [-0.2, -0.15) is 0 Å². The van der Waals surface area contributed by atoms with Crippen molar-refractivity contribution < 1.29 is 14.0 Å². The third-order valence-electron chi connectivity index (χ3n) is 8.55. The Kier molecular flexibility index (Phi) is 11.9. The molecule has 4 N–H and O–H groups in total. The van der Waals surface area contributed by atoms with Gasteiger partial charge >= 0.3 is 5.69 Å². The van der Waals surface area contributed by atoms with Crippen molar-refractivity contribution in [2.75, 3.05) is 19.7 Å². The molecule has 9 nitrogen and oxygen atoms in total. The summed E-state index contributed by atoms with van der Waals surface area (Å²) < 4.78 is 15.3. The zero-order valence-corrected chi connectivity index (χ0v) is 28.0. The Labute approximate surface area is 267 Å². The van der Waals surface area contributed by atoms with E-state index in [1.165, 1.54) is 14.9 Å². The molecule has 0 saturated carbocycles. The average molecular weight is 633 g/mol. The van der Waals surface area contributed by atoms with Crippen LogP contribution in [0.4, 0.5) is 0 Å². The molecule has 0 aliphatic carbocycles. The molecule has 3 atom stereocenters. The molecule has 242 valence electrons. The maximum Gasteiger partial charge on any atom is 0.330 e. The normalized spacial score (nSPS) is 18.8. The number of carbonyl (C=O) groups excluding carboxylic acids is 1. The summed E-state index contributed by atoms with van der Waals surface area (Å²) in [6.07, 6.45) is 8.38. The van der Waals surface area contributed by atoms with Crippen molar-refractivity contribution in [1.82, 2.24) is 14.9 Å². The van der Waals surface area contributed by atoms with Gasteiger partial charge in [-0.1, -0.05) is 93.6 Å². The van der Waals surface area contributed by atoms with E-state index in [1.807, 2.05) is 12.1 Å². The van der Waals surface area contributed by atoms with E-state index in [0.717, 1.165) is 19.3 Å². The molecule has 0 bridgehead atoms. The Hall–Kier alpha value is -3.57. The molecule has 1 aromatic heterocycles. The lowest BCUT2D eigenvalue weighted by Crippen LogP contribution is -2.67. The van der Waals surface area contributed by atoms with Crippen molar-refractivity contribution in [2.45, 2.75) is 77.2 Å². The van der Waals surface area contributed by atoms with Crippen molar-refractivity contribution >= 4 is 24.6 Å². The Morgan fingerprint density at radius 3 is 2.33 bits per heavy atom. The van der Waals surface area contributed by atoms with Gasteiger partial charge in [-0.05, 0) is 53.9 Å². The van der Waals surface area contributed by atoms with E-state index in [-0.39, 0.29) is 23.0 Å². The highest BCUT2D eigenvalue weighted by Crippen LogP contribution is 2.40. The van der Waals surface area contributed by atoms with E-state index in [2.05, 4.69) is 91.8 Å². The van der Waals surface area contributed by atoms with Crippen molar-refractivity contribution in [1.29, 1.82) is 0 Å². The van der Waals surface area contributed by atoms with Gasteiger partial charge in [0, 0.05) is 31.3 Å². The molecule has 0 spiro atoms. The SMILES string of the molecule is Cc1cn([C@H]2C[C@H](C/C=C\CCCC(=O)NCCN)[C@@H](CO[Si](c3ccccc3)(c3ccccc3)C(C)(C)C)O2)c(=O)[nH]c1=O. The highest BCUT2D eigenvalue weighted by atomic mass is 28.4. The summed E-state index contributed by atoms with van der Waals surface area (Å²) in [5.41, 5.74) is 5.04. The summed E-state index contributed by atoms with van der Waals surface area (Å²) in [4.78, 5) is 39.2. The van der Waals surface area contributed by atoms with E-state index >= 15 is 0 Å². The Morgan fingerprint density at radius 1 is 1.09 bits per heavy atom. The standard InChI is InChI=1S/C35H48N4O5Si/c1-26-24-39(34(42)38-33(26)41)32-23-27(15-9-5-6-14-20-31(40)37-22-21-36)30(44-32)25-43-45(35(2,3)4,28-16-10-7-11-17-28)29-18-12-8-13-19-29/h5,7-13,16-19,24,27,30,32H,6,14-15,20-23,25,36H2,1-4H3,(H,37,40)(H,38,41,42)/b9-5-/t27-,30+,32+/m0/s1. The number of aromatic amines is 1. The summed E-state index contributed by atoms with van der Waals surface area (Å²) in [6, 6.07) is 21.0. The molecule has 0 unspecified atom stereocenters. The van der Waals surface area contributed by atoms with E-state index in [1.54, 1.807) is 13.1 Å². The smallest absolute Gasteiger partial charge is 0.330 e. The first kappa shape index (κ1) is 34.3. The minimum atomic E-state index is -2.80. The van der Waals surface area contributed by atoms with E-state index in [0.29, 0.717) is 38.1 Å². The maximum atomic E-state index is 12.8. The van der Waals surface area contributed by atoms with Crippen molar-refractivity contribution in [3.8, 4) is 0 Å². The van der Waals surface area contributed by atoms with Gasteiger partial charge in [0.05, 0.1) is 12.7 Å². The van der Waals surface area contributed by atoms with Crippen LogP contribution < -0.4 is 32.7 Å². The quantitative estimate of drug-likeness (QED) is 0.142. The topological polar surface area (TPSA) is 128 Å². The first-order chi connectivity index (χ1) is 21.6. The Morgan fingerprint density at radius 2 is 1.73 bits per heavy atom. The lowest BCUT2D eigenvalue weighted by atomic mass is 9.96. The number of allylic oxidation sites excluding steroid dienone is 2. The zero-order chi connectivity index (χ0) is 32.5. The van der Waals surface area contributed by atoms with Gasteiger partial charge in [0.2, 0.25) is 5.91 Å². The fourth-order valence-electron chi connectivity index (χ4n) is 6.22. The van der Waals surface area contributed by atoms with Gasteiger partial charge in [0.1, 0.15) is 6.23 Å². The molecule has 2 aromatic carbocycles. The molecule has 10 heteroatoms. The molecule has 1 aliphatic heterocycles. The second-order valence-corrected chi connectivity index (χ2v) is 17.1. The molecular formula is C35H48N4O5Si. The molecule has 2 heterocycles. The largest absolute Gasteiger partial charge is 0.405 e. The molecule has 4 rings (SSSR count). The van der Waals surface area contributed by atoms with E-state index in [9.17, 15) is 14.4 Å². The summed E-state index contributed by atoms with van der Waals surface area (Å²) in [5.74, 6) is 0.0968. The summed E-state index contributed by atoms with van der Waals surface area (Å²) in [7, 11) is -2.80. The second-order valence-electron chi connectivity index (χ2n) is 12.8. The monoisotopic (exact) mass is 632 g/mol. The average Bonchev–Trinajstić information content (AvgIpc) is 3.42. The molecule has 1 aliphatic rings. The number of hydrogen-bond donors (Lipinski definition) is 3. The number of hydrogen-bond acceptors (Lipinski definition) is 6. The summed E-state index contributed by atoms with van der Waals surface area (Å²) in [5, 5.41) is 5.00. The molecular weight excluding hydrogens is 584 g/mol. The minimum Gasteiger partial charge on any atom is -0.405 e. The third kappa shape index (κ3) is 8.37. The van der Waals surface area contributed by atoms with Crippen LogP contribution in [0.5, 0.6) is 0 Å². The number of rotatable bonds is 14. The van der Waals surface area contributed by atoms with Gasteiger partial charge in [-0.15, -0.1) is 0 Å². The van der Waals surface area contributed by atoms with Crippen LogP contribution in [0.3, 0.4) is 0 Å². The molecule has 1 fully saturated rings. The molecule has 1 saturated heterocycles. The predicted molar refractivity (Wildman–Crippen MR) is 181 cm³/mol. The van der Waals surface area contributed by atoms with Crippen molar-refractivity contribution in [3.05, 3.63) is 105 Å². The highest BCUT2D eigenvalue weighted by molar-refractivity contribution is 6.99. The van der Waals surface area contributed by atoms with E-state index < -0.39 is 25.8 Å². The maximum absolute atomic E-state index is 12.8. The van der Waals surface area contributed by atoms with Crippen LogP contribution >= 0.6 is 0 Å². The fourth-order valence-corrected chi connectivity index (χ4v) is 10.8. The Balaban J connectivity index is 1.58. The lowest BCUT2D eigenvalue weighted by Gasteiger charge is -2.43. The molecule has 3 aromatic rings. The van der Waals surface area contributed by atoms with Crippen LogP contribution in [0.25, 0.3) is 0 Å². The van der Waals surface area contributed by atoms with Gasteiger partial charge in [-0.25, -0.2) is 4.79 Å². The number of aromatic nitrogens is 2. The number of nitrogens with two attached hydrogens (primary N) is 1. The minimum absolute atomic E-state index is 0.0167. The predicted octanol–water partition coefficient (Wildman–Crippen LogP) is 3.52. The third-order valence-corrected chi connectivity index (χ3v) is 13.6. The number of nitrogens with one attached hydrogen (secondary N) is 2. The van der Waals surface area contributed by atoms with Gasteiger partial charge in [0.15, 0.2) is 0 Å². The molecule has 0 radical (unpaired) electrons. The summed E-state index contributed by atoms with van der Waals surface area (Å²) in [6.45, 7) is 9.71. The zero-order valence-electron chi connectivity index (χ0n) is 27.0. The number of H-pyrrole nitrogens is 1. The summed E-state index contributed by atoms with van der Waals surface area (Å²) >= 11 is 0. The fraction of sp³-hybridized carbons (Fsp3) is 0.457. The molecule has 1 amide bonds. The Bertz CT molecular complexity index is 1490. The van der Waals surface area contributed by atoms with Gasteiger partial charge in [0.25, 0.3) is 13.9 Å². The van der Waals surface area contributed by atoms with Crippen LogP contribution in [0.15, 0.2) is 88.6 Å². The number of carbonyl (C=O) groups is 1. The lowest BCUT2D eigenvalue weighted by molar-refractivity contribution is -0.121. The number of amides is 1. The number of ether oxygens (including phenoxy) is 1. The van der Waals surface area contributed by atoms with Crippen LogP contribution in [0.2, 0.25) is 5.04 Å². The number of unbranched alkanes of at least 4 members (excludes halogenated alkanes) is 1. The van der Waals surface area contributed by atoms with Gasteiger partial charge in [-0.3, -0.25) is 19.1 Å². The first-order valence-corrected chi connectivity index (χ1v) is 17.8. The number of aryl methyl sites for hydroxylation is 1. The molecule has 45 heavy (non-hydrogen) atoms.